The lowest BCUT2D eigenvalue weighted by Gasteiger charge is -2.26. The molecule has 0 atom stereocenters. The molecular weight excluding hydrogens is 237 g/mol. The van der Waals surface area contributed by atoms with Crippen LogP contribution < -0.4 is 5.32 Å². The Morgan fingerprint density at radius 1 is 1.28 bits per heavy atom. The Labute approximate surface area is 104 Å². The van der Waals surface area contributed by atoms with Gasteiger partial charge < -0.3 is 15.5 Å². The van der Waals surface area contributed by atoms with Crippen LogP contribution in [0.3, 0.4) is 0 Å². The normalized spacial score (nSPS) is 23.7. The van der Waals surface area contributed by atoms with Crippen molar-refractivity contribution < 1.29 is 19.4 Å². The van der Waals surface area contributed by atoms with Gasteiger partial charge in [0.1, 0.15) is 11.6 Å². The zero-order valence-electron chi connectivity index (χ0n) is 9.90. The van der Waals surface area contributed by atoms with Crippen LogP contribution in [0.4, 0.5) is 4.39 Å². The third-order valence-corrected chi connectivity index (χ3v) is 3.24. The average Bonchev–Trinajstić information content (AvgIpc) is 2.32. The molecule has 1 saturated carbocycles. The van der Waals surface area contributed by atoms with Crippen molar-refractivity contribution in [2.45, 2.75) is 37.8 Å². The number of aromatic hydroxyl groups is 1. The number of phenolic OH excluding ortho intramolecular Hbond substituents is 1. The number of phenols is 1. The standard InChI is InChI=1S/C13H16FNO3/c14-8-1-6-11(12(17)7-8)13(18)15-9-2-4-10(16)5-3-9/h1,6-7,9-10,16-17H,2-5H2,(H,15,18). The van der Waals surface area contributed by atoms with Crippen molar-refractivity contribution in [3.63, 3.8) is 0 Å². The van der Waals surface area contributed by atoms with Crippen LogP contribution in [0.2, 0.25) is 0 Å². The van der Waals surface area contributed by atoms with Crippen LogP contribution in [0.15, 0.2) is 18.2 Å². The van der Waals surface area contributed by atoms with E-state index in [0.29, 0.717) is 12.8 Å². The van der Waals surface area contributed by atoms with Gasteiger partial charge in [-0.1, -0.05) is 0 Å². The molecule has 0 radical (unpaired) electrons. The molecule has 1 aliphatic carbocycles. The van der Waals surface area contributed by atoms with Crippen LogP contribution in [0.1, 0.15) is 36.0 Å². The summed E-state index contributed by atoms with van der Waals surface area (Å²) < 4.78 is 12.8. The lowest BCUT2D eigenvalue weighted by molar-refractivity contribution is 0.0865. The van der Waals surface area contributed by atoms with Gasteiger partial charge in [0.2, 0.25) is 0 Å². The smallest absolute Gasteiger partial charge is 0.255 e. The molecule has 1 aromatic rings. The van der Waals surface area contributed by atoms with E-state index in [1.807, 2.05) is 0 Å². The summed E-state index contributed by atoms with van der Waals surface area (Å²) in [7, 11) is 0. The molecule has 1 aromatic carbocycles. The molecule has 3 N–H and O–H groups in total. The second kappa shape index (κ2) is 5.35. The number of carbonyl (C=O) groups excluding carboxylic acids is 1. The number of halogens is 1. The first kappa shape index (κ1) is 12.8. The minimum absolute atomic E-state index is 0.00496. The molecule has 0 heterocycles. The van der Waals surface area contributed by atoms with E-state index in [2.05, 4.69) is 5.32 Å². The minimum Gasteiger partial charge on any atom is -0.507 e. The molecule has 2 rings (SSSR count). The summed E-state index contributed by atoms with van der Waals surface area (Å²) in [6, 6.07) is 3.32. The van der Waals surface area contributed by atoms with Crippen molar-refractivity contribution in [2.24, 2.45) is 0 Å². The van der Waals surface area contributed by atoms with Gasteiger partial charge in [-0.2, -0.15) is 0 Å². The number of benzene rings is 1. The van der Waals surface area contributed by atoms with Crippen molar-refractivity contribution in [2.75, 3.05) is 0 Å². The number of aliphatic hydroxyl groups excluding tert-OH is 1. The van der Waals surface area contributed by atoms with Gasteiger partial charge in [0, 0.05) is 12.1 Å². The van der Waals surface area contributed by atoms with Crippen LogP contribution in [0, 0.1) is 5.82 Å². The van der Waals surface area contributed by atoms with Crippen molar-refractivity contribution in [1.29, 1.82) is 0 Å². The van der Waals surface area contributed by atoms with Crippen LogP contribution in [0.5, 0.6) is 5.75 Å². The fourth-order valence-corrected chi connectivity index (χ4v) is 2.18. The summed E-state index contributed by atoms with van der Waals surface area (Å²) in [5.41, 5.74) is 0.0718. The van der Waals surface area contributed by atoms with E-state index >= 15 is 0 Å². The largest absolute Gasteiger partial charge is 0.507 e. The van der Waals surface area contributed by atoms with Crippen LogP contribution in [-0.2, 0) is 0 Å². The van der Waals surface area contributed by atoms with Crippen LogP contribution in [0.25, 0.3) is 0 Å². The Balaban J connectivity index is 1.99. The lowest BCUT2D eigenvalue weighted by Crippen LogP contribution is -2.38. The first-order valence-corrected chi connectivity index (χ1v) is 6.03. The molecule has 0 saturated heterocycles. The third kappa shape index (κ3) is 2.98. The molecule has 0 aromatic heterocycles. The zero-order valence-corrected chi connectivity index (χ0v) is 9.90. The molecule has 1 fully saturated rings. The Hall–Kier alpha value is -1.62. The van der Waals surface area contributed by atoms with E-state index in [1.165, 1.54) is 6.07 Å². The number of rotatable bonds is 2. The third-order valence-electron chi connectivity index (χ3n) is 3.24. The Morgan fingerprint density at radius 3 is 2.56 bits per heavy atom. The maximum absolute atomic E-state index is 12.8. The van der Waals surface area contributed by atoms with Crippen molar-refractivity contribution in [3.8, 4) is 5.75 Å². The highest BCUT2D eigenvalue weighted by Gasteiger charge is 2.22. The molecule has 0 unspecified atom stereocenters. The summed E-state index contributed by atoms with van der Waals surface area (Å²) in [5, 5.41) is 21.6. The predicted molar refractivity (Wildman–Crippen MR) is 63.8 cm³/mol. The highest BCUT2D eigenvalue weighted by molar-refractivity contribution is 5.96. The lowest BCUT2D eigenvalue weighted by atomic mass is 9.93. The minimum atomic E-state index is -0.579. The van der Waals surface area contributed by atoms with E-state index in [-0.39, 0.29) is 23.5 Å². The fraction of sp³-hybridized carbons (Fsp3) is 0.462. The van der Waals surface area contributed by atoms with Crippen molar-refractivity contribution >= 4 is 5.91 Å². The quantitative estimate of drug-likeness (QED) is 0.749. The Kier molecular flexibility index (Phi) is 3.81. The van der Waals surface area contributed by atoms with Gasteiger partial charge >= 0.3 is 0 Å². The highest BCUT2D eigenvalue weighted by Crippen LogP contribution is 2.21. The molecule has 0 spiro atoms. The second-order valence-electron chi connectivity index (χ2n) is 4.64. The Bertz CT molecular complexity index is 442. The summed E-state index contributed by atoms with van der Waals surface area (Å²) in [5.74, 6) is -1.35. The second-order valence-corrected chi connectivity index (χ2v) is 4.64. The van der Waals surface area contributed by atoms with Gasteiger partial charge in [0.25, 0.3) is 5.91 Å². The van der Waals surface area contributed by atoms with E-state index in [1.54, 1.807) is 0 Å². The van der Waals surface area contributed by atoms with Crippen LogP contribution in [-0.4, -0.2) is 28.3 Å². The average molecular weight is 253 g/mol. The molecule has 0 bridgehead atoms. The van der Waals surface area contributed by atoms with Gasteiger partial charge in [-0.25, -0.2) is 4.39 Å². The van der Waals surface area contributed by atoms with Crippen molar-refractivity contribution in [3.05, 3.63) is 29.6 Å². The van der Waals surface area contributed by atoms with Gasteiger partial charge in [-0.3, -0.25) is 4.79 Å². The monoisotopic (exact) mass is 253 g/mol. The summed E-state index contributed by atoms with van der Waals surface area (Å²) in [4.78, 5) is 11.9. The number of nitrogens with one attached hydrogen (secondary N) is 1. The van der Waals surface area contributed by atoms with Crippen molar-refractivity contribution in [1.82, 2.24) is 5.32 Å². The molecule has 5 heteroatoms. The Morgan fingerprint density at radius 2 is 1.94 bits per heavy atom. The topological polar surface area (TPSA) is 69.6 Å². The summed E-state index contributed by atoms with van der Waals surface area (Å²) >= 11 is 0. The van der Waals surface area contributed by atoms with Gasteiger partial charge in [-0.15, -0.1) is 0 Å². The highest BCUT2D eigenvalue weighted by atomic mass is 19.1. The van der Waals surface area contributed by atoms with Gasteiger partial charge in [0.15, 0.2) is 0 Å². The summed E-state index contributed by atoms with van der Waals surface area (Å²) in [6.07, 6.45) is 2.49. The maximum atomic E-state index is 12.8. The molecule has 4 nitrogen and oxygen atoms in total. The van der Waals surface area contributed by atoms with E-state index in [4.69, 9.17) is 0 Å². The number of hydrogen-bond donors (Lipinski definition) is 3. The molecule has 18 heavy (non-hydrogen) atoms. The molecule has 0 aliphatic heterocycles. The zero-order chi connectivity index (χ0) is 13.1. The van der Waals surface area contributed by atoms with Crippen LogP contribution >= 0.6 is 0 Å². The SMILES string of the molecule is O=C(NC1CCC(O)CC1)c1ccc(F)cc1O. The van der Waals surface area contributed by atoms with E-state index < -0.39 is 11.7 Å². The molecule has 1 amide bonds. The van der Waals surface area contributed by atoms with Gasteiger partial charge in [-0.05, 0) is 37.8 Å². The van der Waals surface area contributed by atoms with E-state index in [9.17, 15) is 19.4 Å². The summed E-state index contributed by atoms with van der Waals surface area (Å²) in [6.45, 7) is 0. The first-order chi connectivity index (χ1) is 8.56. The van der Waals surface area contributed by atoms with Gasteiger partial charge in [0.05, 0.1) is 11.7 Å². The number of carbonyl (C=O) groups is 1. The first-order valence-electron chi connectivity index (χ1n) is 6.03. The maximum Gasteiger partial charge on any atom is 0.255 e. The number of hydrogen-bond acceptors (Lipinski definition) is 3. The fourth-order valence-electron chi connectivity index (χ4n) is 2.18. The molecule has 1 aliphatic rings. The van der Waals surface area contributed by atoms with E-state index in [0.717, 1.165) is 25.0 Å². The molecular formula is C13H16FNO3. The molecule has 98 valence electrons. The predicted octanol–water partition coefficient (Wildman–Crippen LogP) is 1.56. The number of aliphatic hydroxyl groups is 1. The number of amides is 1.